The van der Waals surface area contributed by atoms with Gasteiger partial charge in [0.05, 0.1) is 5.41 Å². The van der Waals surface area contributed by atoms with Crippen LogP contribution < -0.4 is 0 Å². The lowest BCUT2D eigenvalue weighted by Gasteiger charge is -2.24. The Morgan fingerprint density at radius 1 is 1.33 bits per heavy atom. The van der Waals surface area contributed by atoms with Crippen LogP contribution in [0.15, 0.2) is 18.2 Å². The van der Waals surface area contributed by atoms with E-state index in [1.165, 1.54) is 16.7 Å². The average molecular weight is 246 g/mol. The molecule has 2 unspecified atom stereocenters. The first-order valence-electron chi connectivity index (χ1n) is 6.72. The highest BCUT2D eigenvalue weighted by molar-refractivity contribution is 5.75. The van der Waals surface area contributed by atoms with Crippen molar-refractivity contribution in [1.82, 2.24) is 0 Å². The zero-order valence-corrected chi connectivity index (χ0v) is 11.5. The van der Waals surface area contributed by atoms with Gasteiger partial charge in [0.25, 0.3) is 0 Å². The third-order valence-electron chi connectivity index (χ3n) is 4.13. The highest BCUT2D eigenvalue weighted by Crippen LogP contribution is 2.44. The van der Waals surface area contributed by atoms with Gasteiger partial charge < -0.3 is 5.11 Å². The Morgan fingerprint density at radius 3 is 2.39 bits per heavy atom. The fraction of sp³-hybridized carbons (Fsp3) is 0.562. The van der Waals surface area contributed by atoms with Gasteiger partial charge in [-0.05, 0) is 51.0 Å². The molecule has 2 nitrogen and oxygen atoms in total. The third-order valence-corrected chi connectivity index (χ3v) is 4.13. The predicted octanol–water partition coefficient (Wildman–Crippen LogP) is 3.74. The van der Waals surface area contributed by atoms with E-state index >= 15 is 0 Å². The molecule has 2 rings (SSSR count). The minimum Gasteiger partial charge on any atom is -0.481 e. The molecule has 18 heavy (non-hydrogen) atoms. The summed E-state index contributed by atoms with van der Waals surface area (Å²) in [5.74, 6) is -0.0852. The molecular formula is C16H22O2. The molecule has 0 saturated heterocycles. The molecule has 0 bridgehead atoms. The van der Waals surface area contributed by atoms with E-state index in [1.807, 2.05) is 0 Å². The van der Waals surface area contributed by atoms with Gasteiger partial charge in [0.2, 0.25) is 0 Å². The van der Waals surface area contributed by atoms with Crippen molar-refractivity contribution in [3.8, 4) is 0 Å². The van der Waals surface area contributed by atoms with E-state index in [4.69, 9.17) is 0 Å². The topological polar surface area (TPSA) is 37.3 Å². The van der Waals surface area contributed by atoms with E-state index in [-0.39, 0.29) is 0 Å². The largest absolute Gasteiger partial charge is 0.481 e. The quantitative estimate of drug-likeness (QED) is 0.882. The van der Waals surface area contributed by atoms with Gasteiger partial charge in [-0.25, -0.2) is 0 Å². The minimum absolute atomic E-state index is 0.528. The Balaban J connectivity index is 2.27. The van der Waals surface area contributed by atoms with Crippen molar-refractivity contribution in [2.75, 3.05) is 0 Å². The molecule has 0 radical (unpaired) electrons. The Hall–Kier alpha value is -1.31. The van der Waals surface area contributed by atoms with Gasteiger partial charge in [0, 0.05) is 0 Å². The van der Waals surface area contributed by atoms with Crippen molar-refractivity contribution >= 4 is 5.97 Å². The Labute approximate surface area is 109 Å². The number of aliphatic carboxylic acids is 1. The van der Waals surface area contributed by atoms with E-state index in [1.54, 1.807) is 0 Å². The fourth-order valence-electron chi connectivity index (χ4n) is 3.39. The van der Waals surface area contributed by atoms with Crippen molar-refractivity contribution < 1.29 is 9.90 Å². The second-order valence-electron chi connectivity index (χ2n) is 6.11. The predicted molar refractivity (Wildman–Crippen MR) is 72.7 cm³/mol. The summed E-state index contributed by atoms with van der Waals surface area (Å²) in [6.45, 7) is 6.30. The number of rotatable bonds is 3. The molecule has 2 heteroatoms. The summed E-state index contributed by atoms with van der Waals surface area (Å²) in [6, 6.07) is 6.38. The normalized spacial score (nSPS) is 27.4. The smallest absolute Gasteiger partial charge is 0.309 e. The van der Waals surface area contributed by atoms with Crippen molar-refractivity contribution in [3.63, 3.8) is 0 Å². The van der Waals surface area contributed by atoms with E-state index in [2.05, 4.69) is 39.0 Å². The zero-order chi connectivity index (χ0) is 13.3. The molecule has 1 aromatic carbocycles. The molecule has 1 aliphatic carbocycles. The number of aryl methyl sites for hydroxylation is 2. The van der Waals surface area contributed by atoms with Crippen LogP contribution >= 0.6 is 0 Å². The summed E-state index contributed by atoms with van der Waals surface area (Å²) in [7, 11) is 0. The van der Waals surface area contributed by atoms with Crippen molar-refractivity contribution in [1.29, 1.82) is 0 Å². The Kier molecular flexibility index (Phi) is 3.47. The second-order valence-corrected chi connectivity index (χ2v) is 6.11. The van der Waals surface area contributed by atoms with Crippen LogP contribution in [0, 0.1) is 25.2 Å². The van der Waals surface area contributed by atoms with Crippen LogP contribution in [0.2, 0.25) is 0 Å². The summed E-state index contributed by atoms with van der Waals surface area (Å²) in [5.41, 5.74) is 3.08. The summed E-state index contributed by atoms with van der Waals surface area (Å²) >= 11 is 0. The maximum atomic E-state index is 11.6. The van der Waals surface area contributed by atoms with Gasteiger partial charge >= 0.3 is 5.97 Å². The summed E-state index contributed by atoms with van der Waals surface area (Å²) < 4.78 is 0. The van der Waals surface area contributed by atoms with Gasteiger partial charge in [0.1, 0.15) is 0 Å². The number of hydrogen-bond acceptors (Lipinski definition) is 1. The van der Waals surface area contributed by atoms with Crippen LogP contribution in [0.3, 0.4) is 0 Å². The minimum atomic E-state index is -0.619. The zero-order valence-electron chi connectivity index (χ0n) is 11.5. The molecule has 1 aromatic rings. The van der Waals surface area contributed by atoms with E-state index in [0.717, 1.165) is 19.3 Å². The molecule has 1 saturated carbocycles. The van der Waals surface area contributed by atoms with Crippen LogP contribution in [0.25, 0.3) is 0 Å². The van der Waals surface area contributed by atoms with Gasteiger partial charge in [-0.1, -0.05) is 36.2 Å². The number of carbonyl (C=O) groups is 1. The molecule has 1 fully saturated rings. The number of carboxylic acid groups (broad SMARTS) is 1. The van der Waals surface area contributed by atoms with E-state index in [9.17, 15) is 9.90 Å². The SMILES string of the molecule is Cc1cc(C)cc(CC2(C(=O)O)CCC(C)C2)c1. The molecular weight excluding hydrogens is 224 g/mol. The van der Waals surface area contributed by atoms with Gasteiger partial charge in [-0.15, -0.1) is 0 Å². The van der Waals surface area contributed by atoms with Crippen LogP contribution in [-0.4, -0.2) is 11.1 Å². The Morgan fingerprint density at radius 2 is 1.94 bits per heavy atom. The highest BCUT2D eigenvalue weighted by atomic mass is 16.4. The maximum absolute atomic E-state index is 11.6. The standard InChI is InChI=1S/C16H22O2/c1-11-4-5-16(9-11,15(17)18)10-14-7-12(2)6-13(3)8-14/h6-8,11H,4-5,9-10H2,1-3H3,(H,17,18). The lowest BCUT2D eigenvalue weighted by atomic mass is 9.79. The van der Waals surface area contributed by atoms with E-state index < -0.39 is 11.4 Å². The van der Waals surface area contributed by atoms with Crippen LogP contribution in [0.1, 0.15) is 42.9 Å². The van der Waals surface area contributed by atoms with Crippen LogP contribution in [-0.2, 0) is 11.2 Å². The first-order valence-corrected chi connectivity index (χ1v) is 6.72. The number of carboxylic acids is 1. The molecule has 98 valence electrons. The van der Waals surface area contributed by atoms with Crippen molar-refractivity contribution in [3.05, 3.63) is 34.9 Å². The lowest BCUT2D eigenvalue weighted by Crippen LogP contribution is -2.30. The molecule has 0 aliphatic heterocycles. The van der Waals surface area contributed by atoms with Crippen molar-refractivity contribution in [2.45, 2.75) is 46.5 Å². The fourth-order valence-corrected chi connectivity index (χ4v) is 3.39. The van der Waals surface area contributed by atoms with Gasteiger partial charge in [0.15, 0.2) is 0 Å². The molecule has 0 heterocycles. The van der Waals surface area contributed by atoms with E-state index in [0.29, 0.717) is 12.3 Å². The van der Waals surface area contributed by atoms with Gasteiger partial charge in [-0.2, -0.15) is 0 Å². The highest BCUT2D eigenvalue weighted by Gasteiger charge is 2.44. The first kappa shape index (κ1) is 13.1. The molecule has 1 N–H and O–H groups in total. The third kappa shape index (κ3) is 2.58. The molecule has 0 spiro atoms. The number of benzene rings is 1. The molecule has 0 aromatic heterocycles. The second kappa shape index (κ2) is 4.75. The van der Waals surface area contributed by atoms with Crippen molar-refractivity contribution in [2.24, 2.45) is 11.3 Å². The lowest BCUT2D eigenvalue weighted by molar-refractivity contribution is -0.148. The summed E-state index contributed by atoms with van der Waals surface area (Å²) in [6.07, 6.45) is 3.35. The van der Waals surface area contributed by atoms with Crippen LogP contribution in [0.4, 0.5) is 0 Å². The first-order chi connectivity index (χ1) is 8.41. The monoisotopic (exact) mass is 246 g/mol. The molecule has 2 atom stereocenters. The molecule has 1 aliphatic rings. The average Bonchev–Trinajstić information content (AvgIpc) is 2.59. The van der Waals surface area contributed by atoms with Crippen LogP contribution in [0.5, 0.6) is 0 Å². The van der Waals surface area contributed by atoms with Gasteiger partial charge in [-0.3, -0.25) is 4.79 Å². The summed E-state index contributed by atoms with van der Waals surface area (Å²) in [4.78, 5) is 11.6. The maximum Gasteiger partial charge on any atom is 0.309 e. The Bertz CT molecular complexity index is 444. The molecule has 0 amide bonds. The number of hydrogen-bond donors (Lipinski definition) is 1. The summed E-state index contributed by atoms with van der Waals surface area (Å²) in [5, 5.41) is 9.58.